The summed E-state index contributed by atoms with van der Waals surface area (Å²) in [5.41, 5.74) is 0. The van der Waals surface area contributed by atoms with E-state index in [1.807, 2.05) is 6.92 Å². The van der Waals surface area contributed by atoms with Crippen LogP contribution in [0.25, 0.3) is 0 Å². The highest BCUT2D eigenvalue weighted by molar-refractivity contribution is 7.89. The summed E-state index contributed by atoms with van der Waals surface area (Å²) in [5.74, 6) is 0.594. The molecule has 110 valence electrons. The maximum atomic E-state index is 12.4. The molecule has 0 fully saturated rings. The third kappa shape index (κ3) is 3.49. The first-order chi connectivity index (χ1) is 9.54. The molecule has 1 unspecified atom stereocenters. The first-order valence-electron chi connectivity index (χ1n) is 6.37. The van der Waals surface area contributed by atoms with Gasteiger partial charge in [-0.05, 0) is 37.0 Å². The van der Waals surface area contributed by atoms with E-state index in [9.17, 15) is 8.42 Å². The molecule has 0 amide bonds. The molecule has 0 bridgehead atoms. The zero-order valence-corrected chi connectivity index (χ0v) is 13.1. The fourth-order valence-electron chi connectivity index (χ4n) is 1.83. The molecular formula is C13H18N2O3S2. The summed E-state index contributed by atoms with van der Waals surface area (Å²) in [6.07, 6.45) is 1.53. The SMILES string of the molecule is CCNCc1sccc1S(=O)(=O)NC(C)c1ccco1. The van der Waals surface area contributed by atoms with Gasteiger partial charge in [-0.3, -0.25) is 0 Å². The molecule has 20 heavy (non-hydrogen) atoms. The average molecular weight is 314 g/mol. The normalized spacial score (nSPS) is 13.5. The Morgan fingerprint density at radius 2 is 2.20 bits per heavy atom. The van der Waals surface area contributed by atoms with Crippen molar-refractivity contribution in [2.45, 2.75) is 31.3 Å². The Hall–Kier alpha value is -1.15. The molecule has 2 aromatic rings. The third-order valence-corrected chi connectivity index (χ3v) is 5.51. The van der Waals surface area contributed by atoms with Crippen LogP contribution in [0.1, 0.15) is 30.5 Å². The van der Waals surface area contributed by atoms with Gasteiger partial charge in [0.25, 0.3) is 0 Å². The minimum Gasteiger partial charge on any atom is -0.468 e. The molecule has 5 nitrogen and oxygen atoms in total. The van der Waals surface area contributed by atoms with Crippen molar-refractivity contribution < 1.29 is 12.8 Å². The molecule has 0 saturated heterocycles. The zero-order chi connectivity index (χ0) is 14.6. The second-order valence-corrected chi connectivity index (χ2v) is 7.03. The molecule has 0 aliphatic heterocycles. The molecule has 2 heterocycles. The van der Waals surface area contributed by atoms with Crippen molar-refractivity contribution in [1.82, 2.24) is 10.0 Å². The van der Waals surface area contributed by atoms with Gasteiger partial charge in [0.15, 0.2) is 0 Å². The molecule has 0 spiro atoms. The Kier molecular flexibility index (Phi) is 4.98. The zero-order valence-electron chi connectivity index (χ0n) is 11.4. The molecule has 2 rings (SSSR count). The van der Waals surface area contributed by atoms with Crippen molar-refractivity contribution >= 4 is 21.4 Å². The fourth-order valence-corrected chi connectivity index (χ4v) is 4.45. The van der Waals surface area contributed by atoms with Crippen molar-refractivity contribution in [3.05, 3.63) is 40.5 Å². The number of furan rings is 1. The lowest BCUT2D eigenvalue weighted by molar-refractivity contribution is 0.459. The van der Waals surface area contributed by atoms with E-state index < -0.39 is 16.1 Å². The lowest BCUT2D eigenvalue weighted by Crippen LogP contribution is -2.27. The van der Waals surface area contributed by atoms with Crippen LogP contribution in [0.4, 0.5) is 0 Å². The minimum atomic E-state index is -3.54. The van der Waals surface area contributed by atoms with Gasteiger partial charge in [0.05, 0.1) is 17.2 Å². The number of nitrogens with one attached hydrogen (secondary N) is 2. The van der Waals surface area contributed by atoms with Crippen molar-refractivity contribution in [3.8, 4) is 0 Å². The summed E-state index contributed by atoms with van der Waals surface area (Å²) in [4.78, 5) is 1.15. The van der Waals surface area contributed by atoms with Crippen LogP contribution in [0.15, 0.2) is 39.2 Å². The summed E-state index contributed by atoms with van der Waals surface area (Å²) in [5, 5.41) is 4.93. The molecule has 0 aliphatic rings. The first kappa shape index (κ1) is 15.2. The molecule has 0 saturated carbocycles. The van der Waals surface area contributed by atoms with Crippen molar-refractivity contribution in [2.24, 2.45) is 0 Å². The Labute approximate surface area is 123 Å². The van der Waals surface area contributed by atoms with Crippen LogP contribution < -0.4 is 10.0 Å². The number of hydrogen-bond acceptors (Lipinski definition) is 5. The Bertz CT molecular complexity index is 632. The summed E-state index contributed by atoms with van der Waals surface area (Å²) < 4.78 is 32.7. The quantitative estimate of drug-likeness (QED) is 0.823. The topological polar surface area (TPSA) is 71.3 Å². The number of sulfonamides is 1. The van der Waals surface area contributed by atoms with E-state index in [4.69, 9.17) is 4.42 Å². The molecule has 1 atom stereocenters. The van der Waals surface area contributed by atoms with Gasteiger partial charge in [-0.2, -0.15) is 0 Å². The first-order valence-corrected chi connectivity index (χ1v) is 8.73. The molecule has 0 aromatic carbocycles. The molecule has 0 radical (unpaired) electrons. The van der Waals surface area contributed by atoms with Crippen LogP contribution in [-0.2, 0) is 16.6 Å². The highest BCUT2D eigenvalue weighted by atomic mass is 32.2. The largest absolute Gasteiger partial charge is 0.468 e. The molecular weight excluding hydrogens is 296 g/mol. The summed E-state index contributed by atoms with van der Waals surface area (Å²) in [6.45, 7) is 5.10. The van der Waals surface area contributed by atoms with Crippen LogP contribution in [0.3, 0.4) is 0 Å². The van der Waals surface area contributed by atoms with E-state index in [0.29, 0.717) is 17.2 Å². The average Bonchev–Trinajstić information content (AvgIpc) is 3.07. The van der Waals surface area contributed by atoms with Gasteiger partial charge in [-0.15, -0.1) is 11.3 Å². The van der Waals surface area contributed by atoms with Gasteiger partial charge in [-0.25, -0.2) is 13.1 Å². The second kappa shape index (κ2) is 6.53. The maximum Gasteiger partial charge on any atom is 0.242 e. The van der Waals surface area contributed by atoms with Crippen molar-refractivity contribution in [2.75, 3.05) is 6.54 Å². The maximum absolute atomic E-state index is 12.4. The second-order valence-electron chi connectivity index (χ2n) is 4.35. The number of rotatable bonds is 7. The molecule has 2 aromatic heterocycles. The van der Waals surface area contributed by atoms with Crippen LogP contribution >= 0.6 is 11.3 Å². The Morgan fingerprint density at radius 3 is 2.85 bits per heavy atom. The van der Waals surface area contributed by atoms with E-state index in [-0.39, 0.29) is 0 Å². The van der Waals surface area contributed by atoms with Gasteiger partial charge in [0.1, 0.15) is 5.76 Å². The summed E-state index contributed by atoms with van der Waals surface area (Å²) in [7, 11) is -3.54. The van der Waals surface area contributed by atoms with Crippen LogP contribution in [0.2, 0.25) is 0 Å². The van der Waals surface area contributed by atoms with Gasteiger partial charge in [0, 0.05) is 11.4 Å². The third-order valence-electron chi connectivity index (χ3n) is 2.83. The van der Waals surface area contributed by atoms with Crippen LogP contribution in [-0.4, -0.2) is 15.0 Å². The van der Waals surface area contributed by atoms with E-state index in [0.717, 1.165) is 11.4 Å². The Morgan fingerprint density at radius 1 is 1.40 bits per heavy atom. The summed E-state index contributed by atoms with van der Waals surface area (Å²) in [6, 6.07) is 4.72. The molecule has 0 aliphatic carbocycles. The number of thiophene rings is 1. The fraction of sp³-hybridized carbons (Fsp3) is 0.385. The van der Waals surface area contributed by atoms with Crippen molar-refractivity contribution in [1.29, 1.82) is 0 Å². The molecule has 2 N–H and O–H groups in total. The predicted molar refractivity (Wildman–Crippen MR) is 79.1 cm³/mol. The monoisotopic (exact) mass is 314 g/mol. The number of hydrogen-bond donors (Lipinski definition) is 2. The van der Waals surface area contributed by atoms with Gasteiger partial charge in [0.2, 0.25) is 10.0 Å². The van der Waals surface area contributed by atoms with E-state index in [2.05, 4.69) is 10.0 Å². The smallest absolute Gasteiger partial charge is 0.242 e. The van der Waals surface area contributed by atoms with Gasteiger partial charge in [-0.1, -0.05) is 6.92 Å². The predicted octanol–water partition coefficient (Wildman–Crippen LogP) is 2.49. The van der Waals surface area contributed by atoms with Crippen molar-refractivity contribution in [3.63, 3.8) is 0 Å². The Balaban J connectivity index is 2.16. The van der Waals surface area contributed by atoms with E-state index >= 15 is 0 Å². The van der Waals surface area contributed by atoms with Gasteiger partial charge < -0.3 is 9.73 Å². The highest BCUT2D eigenvalue weighted by Crippen LogP contribution is 2.24. The van der Waals surface area contributed by atoms with Gasteiger partial charge >= 0.3 is 0 Å². The standard InChI is InChI=1S/C13H18N2O3S2/c1-3-14-9-12-13(6-8-19-12)20(16,17)15-10(2)11-5-4-7-18-11/h4-8,10,14-15H,3,9H2,1-2H3. The summed E-state index contributed by atoms with van der Waals surface area (Å²) >= 11 is 1.44. The van der Waals surface area contributed by atoms with E-state index in [1.165, 1.54) is 17.6 Å². The van der Waals surface area contributed by atoms with Crippen LogP contribution in [0, 0.1) is 0 Å². The minimum absolute atomic E-state index is 0.335. The van der Waals surface area contributed by atoms with Crippen LogP contribution in [0.5, 0.6) is 0 Å². The van der Waals surface area contributed by atoms with E-state index in [1.54, 1.807) is 30.5 Å². The lowest BCUT2D eigenvalue weighted by atomic mass is 10.3. The lowest BCUT2D eigenvalue weighted by Gasteiger charge is -2.12. The molecule has 7 heteroatoms. The highest BCUT2D eigenvalue weighted by Gasteiger charge is 2.23.